The molecular formula is C16H17BrFNO. The van der Waals surface area contributed by atoms with Gasteiger partial charge in [-0.25, -0.2) is 4.39 Å². The molecule has 0 aliphatic carbocycles. The van der Waals surface area contributed by atoms with Crippen molar-refractivity contribution < 1.29 is 9.13 Å². The predicted molar refractivity (Wildman–Crippen MR) is 83.9 cm³/mol. The Kier molecular flexibility index (Phi) is 5.01. The minimum atomic E-state index is -0.204. The Bertz CT molecular complexity index is 571. The molecule has 0 spiro atoms. The maximum Gasteiger partial charge on any atom is 0.123 e. The molecule has 1 N–H and O–H groups in total. The fourth-order valence-corrected chi connectivity index (χ4v) is 2.39. The Balaban J connectivity index is 2.04. The summed E-state index contributed by atoms with van der Waals surface area (Å²) in [5.41, 5.74) is 2.09. The molecule has 2 nitrogen and oxygen atoms in total. The van der Waals surface area contributed by atoms with E-state index in [0.717, 1.165) is 27.9 Å². The number of nitrogens with one attached hydrogen (secondary N) is 1. The summed E-state index contributed by atoms with van der Waals surface area (Å²) < 4.78 is 19.1. The van der Waals surface area contributed by atoms with E-state index in [-0.39, 0.29) is 11.9 Å². The molecule has 1 atom stereocenters. The highest BCUT2D eigenvalue weighted by Crippen LogP contribution is 2.28. The molecule has 0 aliphatic heterocycles. The van der Waals surface area contributed by atoms with Crippen molar-refractivity contribution in [1.82, 2.24) is 0 Å². The molecule has 0 aromatic heterocycles. The van der Waals surface area contributed by atoms with Gasteiger partial charge in [-0.3, -0.25) is 0 Å². The Hall–Kier alpha value is -1.55. The highest BCUT2D eigenvalue weighted by atomic mass is 79.9. The fourth-order valence-electron chi connectivity index (χ4n) is 2.03. The Morgan fingerprint density at radius 1 is 1.20 bits per heavy atom. The molecule has 0 radical (unpaired) electrons. The van der Waals surface area contributed by atoms with Crippen LogP contribution >= 0.6 is 15.9 Å². The van der Waals surface area contributed by atoms with Gasteiger partial charge in [-0.1, -0.05) is 12.1 Å². The third-order valence-electron chi connectivity index (χ3n) is 3.03. The quantitative estimate of drug-likeness (QED) is 0.858. The van der Waals surface area contributed by atoms with Crippen LogP contribution < -0.4 is 10.1 Å². The van der Waals surface area contributed by atoms with Crippen molar-refractivity contribution >= 4 is 21.6 Å². The first kappa shape index (κ1) is 14.9. The normalized spacial score (nSPS) is 12.0. The summed E-state index contributed by atoms with van der Waals surface area (Å²) in [6, 6.07) is 12.6. The van der Waals surface area contributed by atoms with Gasteiger partial charge in [0.15, 0.2) is 0 Å². The summed E-state index contributed by atoms with van der Waals surface area (Å²) in [7, 11) is 1.65. The van der Waals surface area contributed by atoms with Crippen molar-refractivity contribution in [3.05, 3.63) is 58.3 Å². The zero-order valence-electron chi connectivity index (χ0n) is 11.5. The Morgan fingerprint density at radius 2 is 1.90 bits per heavy atom. The van der Waals surface area contributed by atoms with E-state index < -0.39 is 0 Å². The molecule has 106 valence electrons. The monoisotopic (exact) mass is 337 g/mol. The first-order chi connectivity index (χ1) is 9.58. The molecule has 0 heterocycles. The molecule has 0 saturated heterocycles. The van der Waals surface area contributed by atoms with Crippen LogP contribution in [0.5, 0.6) is 5.75 Å². The number of ether oxygens (including phenoxy) is 1. The Labute approximate surface area is 127 Å². The van der Waals surface area contributed by atoms with Gasteiger partial charge in [0.1, 0.15) is 11.6 Å². The van der Waals surface area contributed by atoms with Gasteiger partial charge < -0.3 is 10.1 Å². The zero-order valence-corrected chi connectivity index (χ0v) is 13.1. The van der Waals surface area contributed by atoms with E-state index in [4.69, 9.17) is 4.74 Å². The summed E-state index contributed by atoms with van der Waals surface area (Å²) in [5, 5.41) is 3.43. The number of methoxy groups -OCH3 is 1. The zero-order chi connectivity index (χ0) is 14.5. The van der Waals surface area contributed by atoms with Gasteiger partial charge >= 0.3 is 0 Å². The summed E-state index contributed by atoms with van der Waals surface area (Å²) in [4.78, 5) is 0. The van der Waals surface area contributed by atoms with E-state index in [1.165, 1.54) is 12.1 Å². The lowest BCUT2D eigenvalue weighted by Crippen LogP contribution is -2.18. The fraction of sp³-hybridized carbons (Fsp3) is 0.250. The second kappa shape index (κ2) is 6.75. The van der Waals surface area contributed by atoms with Crippen LogP contribution in [0.2, 0.25) is 0 Å². The molecule has 0 saturated carbocycles. The molecular weight excluding hydrogens is 321 g/mol. The van der Waals surface area contributed by atoms with Gasteiger partial charge in [-0.2, -0.15) is 0 Å². The number of rotatable bonds is 5. The summed E-state index contributed by atoms with van der Waals surface area (Å²) >= 11 is 3.52. The van der Waals surface area contributed by atoms with E-state index in [1.807, 2.05) is 30.3 Å². The number of benzene rings is 2. The smallest absolute Gasteiger partial charge is 0.123 e. The molecule has 2 aromatic carbocycles. The lowest BCUT2D eigenvalue weighted by atomic mass is 10.1. The van der Waals surface area contributed by atoms with Crippen molar-refractivity contribution in [3.8, 4) is 5.75 Å². The van der Waals surface area contributed by atoms with Crippen LogP contribution in [0.4, 0.5) is 10.1 Å². The van der Waals surface area contributed by atoms with Crippen molar-refractivity contribution in [1.29, 1.82) is 0 Å². The van der Waals surface area contributed by atoms with Crippen LogP contribution in [0.15, 0.2) is 46.9 Å². The molecule has 0 aliphatic rings. The van der Waals surface area contributed by atoms with Crippen LogP contribution in [0.3, 0.4) is 0 Å². The molecule has 2 aromatic rings. The van der Waals surface area contributed by atoms with E-state index >= 15 is 0 Å². The largest absolute Gasteiger partial charge is 0.497 e. The summed E-state index contributed by atoms with van der Waals surface area (Å²) in [6.07, 6.45) is 0.823. The van der Waals surface area contributed by atoms with Crippen LogP contribution in [0.1, 0.15) is 12.5 Å². The van der Waals surface area contributed by atoms with Gasteiger partial charge in [0, 0.05) is 16.6 Å². The predicted octanol–water partition coefficient (Wildman–Crippen LogP) is 4.64. The van der Waals surface area contributed by atoms with Crippen LogP contribution in [0, 0.1) is 5.82 Å². The molecule has 0 bridgehead atoms. The second-order valence-corrected chi connectivity index (χ2v) is 5.58. The average Bonchev–Trinajstić information content (AvgIpc) is 2.44. The summed E-state index contributed by atoms with van der Waals surface area (Å²) in [6.45, 7) is 2.09. The van der Waals surface area contributed by atoms with E-state index in [0.29, 0.717) is 0 Å². The van der Waals surface area contributed by atoms with Crippen molar-refractivity contribution in [2.24, 2.45) is 0 Å². The summed E-state index contributed by atoms with van der Waals surface area (Å²) in [5.74, 6) is 0.606. The van der Waals surface area contributed by atoms with Crippen LogP contribution in [-0.4, -0.2) is 13.2 Å². The van der Waals surface area contributed by atoms with E-state index in [9.17, 15) is 4.39 Å². The van der Waals surface area contributed by atoms with E-state index in [2.05, 4.69) is 28.2 Å². The molecule has 20 heavy (non-hydrogen) atoms. The number of halogens is 2. The molecule has 0 fully saturated rings. The van der Waals surface area contributed by atoms with Crippen LogP contribution in [-0.2, 0) is 6.42 Å². The van der Waals surface area contributed by atoms with Crippen molar-refractivity contribution in [2.75, 3.05) is 12.4 Å². The van der Waals surface area contributed by atoms with Crippen LogP contribution in [0.25, 0.3) is 0 Å². The van der Waals surface area contributed by atoms with E-state index in [1.54, 1.807) is 7.11 Å². The second-order valence-electron chi connectivity index (χ2n) is 4.72. The maximum absolute atomic E-state index is 12.9. The Morgan fingerprint density at radius 3 is 2.55 bits per heavy atom. The first-order valence-corrected chi connectivity index (χ1v) is 7.22. The lowest BCUT2D eigenvalue weighted by molar-refractivity contribution is 0.415. The number of anilines is 1. The van der Waals surface area contributed by atoms with Gasteiger partial charge in [-0.05, 0) is 59.1 Å². The van der Waals surface area contributed by atoms with Gasteiger partial charge in [0.2, 0.25) is 0 Å². The molecule has 4 heteroatoms. The minimum absolute atomic E-state index is 0.204. The average molecular weight is 338 g/mol. The molecule has 1 unspecified atom stereocenters. The molecule has 0 amide bonds. The third kappa shape index (κ3) is 3.97. The lowest BCUT2D eigenvalue weighted by Gasteiger charge is -2.17. The van der Waals surface area contributed by atoms with Gasteiger partial charge in [0.25, 0.3) is 0 Å². The third-order valence-corrected chi connectivity index (χ3v) is 3.72. The number of hydrogen-bond acceptors (Lipinski definition) is 2. The van der Waals surface area contributed by atoms with Gasteiger partial charge in [0.05, 0.1) is 12.8 Å². The molecule has 2 rings (SSSR count). The van der Waals surface area contributed by atoms with Crippen molar-refractivity contribution in [2.45, 2.75) is 19.4 Å². The standard InChI is InChI=1S/C16H17BrFNO/c1-11(9-12-3-5-13(18)6-4-12)19-16-10-14(20-2)7-8-15(16)17/h3-8,10-11,19H,9H2,1-2H3. The highest BCUT2D eigenvalue weighted by Gasteiger charge is 2.07. The topological polar surface area (TPSA) is 21.3 Å². The minimum Gasteiger partial charge on any atom is -0.497 e. The number of hydrogen-bond donors (Lipinski definition) is 1. The highest BCUT2D eigenvalue weighted by molar-refractivity contribution is 9.10. The van der Waals surface area contributed by atoms with Gasteiger partial charge in [-0.15, -0.1) is 0 Å². The van der Waals surface area contributed by atoms with Crippen molar-refractivity contribution in [3.63, 3.8) is 0 Å². The first-order valence-electron chi connectivity index (χ1n) is 6.43. The SMILES string of the molecule is COc1ccc(Br)c(NC(C)Cc2ccc(F)cc2)c1. The maximum atomic E-state index is 12.9.